The summed E-state index contributed by atoms with van der Waals surface area (Å²) in [5.74, 6) is -4.58. The first kappa shape index (κ1) is 31.1. The van der Waals surface area contributed by atoms with Crippen molar-refractivity contribution in [3.63, 3.8) is 0 Å². The Hall–Kier alpha value is -3.83. The zero-order chi connectivity index (χ0) is 30.8. The minimum absolute atomic E-state index is 0.111. The van der Waals surface area contributed by atoms with E-state index in [0.29, 0.717) is 10.6 Å². The minimum Gasteiger partial charge on any atom is -0.441 e. The molecule has 0 bridgehead atoms. The molecule has 0 fully saturated rings. The second kappa shape index (κ2) is 12.6. The first-order valence-corrected chi connectivity index (χ1v) is 15.4. The van der Waals surface area contributed by atoms with E-state index in [9.17, 15) is 18.0 Å². The Balaban J connectivity index is 1.93. The van der Waals surface area contributed by atoms with E-state index in [1.165, 1.54) is 10.8 Å². The first-order chi connectivity index (χ1) is 19.9. The summed E-state index contributed by atoms with van der Waals surface area (Å²) in [6.45, 7) is 6.91. The van der Waals surface area contributed by atoms with Crippen molar-refractivity contribution in [3.05, 3.63) is 82.6 Å². The fourth-order valence-electron chi connectivity index (χ4n) is 4.50. The topological polar surface area (TPSA) is 107 Å². The lowest BCUT2D eigenvalue weighted by Crippen LogP contribution is -2.21. The molecule has 0 radical (unpaired) electrons. The number of ether oxygens (including phenoxy) is 1. The number of carbonyl (C=O) groups excluding carboxylic acids is 2. The van der Waals surface area contributed by atoms with E-state index < -0.39 is 50.9 Å². The van der Waals surface area contributed by atoms with Crippen LogP contribution in [0.15, 0.2) is 54.9 Å². The predicted octanol–water partition coefficient (Wildman–Crippen LogP) is 7.13. The number of esters is 1. The van der Waals surface area contributed by atoms with Crippen LogP contribution in [0.1, 0.15) is 62.7 Å². The molecule has 222 valence electrons. The second-order valence-electron chi connectivity index (χ2n) is 10.1. The molecule has 8 nitrogen and oxygen atoms in total. The predicted molar refractivity (Wildman–Crippen MR) is 158 cm³/mol. The van der Waals surface area contributed by atoms with E-state index in [2.05, 4.69) is 9.71 Å². The molecule has 4 rings (SSSR count). The van der Waals surface area contributed by atoms with Gasteiger partial charge in [-0.25, -0.2) is 22.2 Å². The zero-order valence-corrected chi connectivity index (χ0v) is 25.0. The quantitative estimate of drug-likeness (QED) is 0.142. The van der Waals surface area contributed by atoms with Crippen LogP contribution >= 0.6 is 11.6 Å². The average molecular weight is 618 g/mol. The number of nitrogens with zero attached hydrogens (tertiary/aromatic N) is 2. The SMILES string of the molecule is CCCS(=O)(=O)Nc1ccc(F)c(C(=O)c2cn(C(OC(=O)CC)C(C)C)c3ncc(-c4ccc(Cl)cc4)cc23)c1F. The highest BCUT2D eigenvalue weighted by atomic mass is 35.5. The smallest absolute Gasteiger partial charge is 0.307 e. The van der Waals surface area contributed by atoms with Crippen molar-refractivity contribution < 1.29 is 31.5 Å². The molecule has 4 aromatic rings. The number of aromatic nitrogens is 2. The summed E-state index contributed by atoms with van der Waals surface area (Å²) in [6, 6.07) is 10.3. The number of anilines is 1. The molecule has 0 aliphatic heterocycles. The van der Waals surface area contributed by atoms with Crippen molar-refractivity contribution in [1.29, 1.82) is 0 Å². The third kappa shape index (κ3) is 6.47. The van der Waals surface area contributed by atoms with Gasteiger partial charge < -0.3 is 4.74 Å². The number of carbonyl (C=O) groups is 2. The molecule has 0 aliphatic rings. The number of nitrogens with one attached hydrogen (secondary N) is 1. The number of rotatable bonds is 11. The lowest BCUT2D eigenvalue weighted by Gasteiger charge is -2.23. The summed E-state index contributed by atoms with van der Waals surface area (Å²) in [7, 11) is -3.93. The fourth-order valence-corrected chi connectivity index (χ4v) is 5.76. The van der Waals surface area contributed by atoms with Gasteiger partial charge in [-0.2, -0.15) is 0 Å². The average Bonchev–Trinajstić information content (AvgIpc) is 3.31. The highest BCUT2D eigenvalue weighted by molar-refractivity contribution is 7.92. The number of benzene rings is 2. The molecule has 0 spiro atoms. The maximum atomic E-state index is 15.6. The Morgan fingerprint density at radius 1 is 1.07 bits per heavy atom. The molecular formula is C30H30ClF2N3O5S. The van der Waals surface area contributed by atoms with Gasteiger partial charge in [0.1, 0.15) is 11.5 Å². The summed E-state index contributed by atoms with van der Waals surface area (Å²) < 4.78 is 64.6. The minimum atomic E-state index is -3.93. The highest BCUT2D eigenvalue weighted by Gasteiger charge is 2.30. The fraction of sp³-hybridized carbons (Fsp3) is 0.300. The van der Waals surface area contributed by atoms with Crippen LogP contribution in [0.3, 0.4) is 0 Å². The second-order valence-corrected chi connectivity index (χ2v) is 12.3. The maximum Gasteiger partial charge on any atom is 0.307 e. The van der Waals surface area contributed by atoms with Crippen LogP contribution in [0.5, 0.6) is 0 Å². The summed E-state index contributed by atoms with van der Waals surface area (Å²) in [6.07, 6.45) is 2.43. The third-order valence-electron chi connectivity index (χ3n) is 6.53. The zero-order valence-electron chi connectivity index (χ0n) is 23.4. The van der Waals surface area contributed by atoms with E-state index in [4.69, 9.17) is 16.3 Å². The number of sulfonamides is 1. The molecule has 1 unspecified atom stereocenters. The van der Waals surface area contributed by atoms with Gasteiger partial charge in [-0.3, -0.25) is 18.9 Å². The van der Waals surface area contributed by atoms with Gasteiger partial charge in [0.05, 0.1) is 22.6 Å². The van der Waals surface area contributed by atoms with Crippen LogP contribution in [-0.2, 0) is 19.6 Å². The van der Waals surface area contributed by atoms with Gasteiger partial charge in [-0.1, -0.05) is 51.4 Å². The van der Waals surface area contributed by atoms with E-state index in [1.54, 1.807) is 50.4 Å². The van der Waals surface area contributed by atoms with Crippen LogP contribution in [0.25, 0.3) is 22.2 Å². The first-order valence-electron chi connectivity index (χ1n) is 13.4. The molecule has 42 heavy (non-hydrogen) atoms. The van der Waals surface area contributed by atoms with E-state index >= 15 is 8.78 Å². The lowest BCUT2D eigenvalue weighted by molar-refractivity contribution is -0.156. The van der Waals surface area contributed by atoms with E-state index in [0.717, 1.165) is 17.7 Å². The van der Waals surface area contributed by atoms with Gasteiger partial charge >= 0.3 is 5.97 Å². The van der Waals surface area contributed by atoms with Gasteiger partial charge in [0, 0.05) is 40.7 Å². The van der Waals surface area contributed by atoms with Crippen LogP contribution in [0.2, 0.25) is 5.02 Å². The van der Waals surface area contributed by atoms with Gasteiger partial charge in [-0.05, 0) is 42.3 Å². The largest absolute Gasteiger partial charge is 0.441 e. The van der Waals surface area contributed by atoms with Crippen LogP contribution in [0, 0.1) is 17.6 Å². The Labute approximate surface area is 247 Å². The van der Waals surface area contributed by atoms with Gasteiger partial charge in [0.15, 0.2) is 12.0 Å². The molecule has 2 heterocycles. The Kier molecular flexibility index (Phi) is 9.32. The van der Waals surface area contributed by atoms with Crippen LogP contribution < -0.4 is 4.72 Å². The number of hydrogen-bond donors (Lipinski definition) is 1. The molecule has 2 aromatic carbocycles. The highest BCUT2D eigenvalue weighted by Crippen LogP contribution is 2.34. The lowest BCUT2D eigenvalue weighted by atomic mass is 10.00. The summed E-state index contributed by atoms with van der Waals surface area (Å²) in [4.78, 5) is 30.7. The normalized spacial score (nSPS) is 12.5. The number of pyridine rings is 1. The van der Waals surface area contributed by atoms with Crippen molar-refractivity contribution in [2.75, 3.05) is 10.5 Å². The molecule has 0 amide bonds. The number of halogens is 3. The van der Waals surface area contributed by atoms with Crippen molar-refractivity contribution in [3.8, 4) is 11.1 Å². The number of ketones is 1. The van der Waals surface area contributed by atoms with Crippen molar-refractivity contribution >= 4 is 50.1 Å². The summed E-state index contributed by atoms with van der Waals surface area (Å²) >= 11 is 6.03. The molecule has 1 N–H and O–H groups in total. The molecule has 0 saturated carbocycles. The maximum absolute atomic E-state index is 15.6. The Morgan fingerprint density at radius 2 is 1.76 bits per heavy atom. The van der Waals surface area contributed by atoms with Crippen molar-refractivity contribution in [2.24, 2.45) is 5.92 Å². The molecule has 2 aromatic heterocycles. The monoisotopic (exact) mass is 617 g/mol. The molecule has 1 atom stereocenters. The van der Waals surface area contributed by atoms with Gasteiger partial charge in [0.25, 0.3) is 0 Å². The standard InChI is InChI=1S/C30H30ClF2N3O5S/c1-5-13-42(39,40)35-24-12-11-23(32)26(27(24)33)28(38)22-16-36(30(17(3)4)41-25(37)6-2)29-21(22)14-19(15-34-29)18-7-9-20(31)10-8-18/h7-12,14-17,30,35H,5-6,13H2,1-4H3. The van der Waals surface area contributed by atoms with Crippen LogP contribution in [-0.4, -0.2) is 35.5 Å². The molecule has 12 heteroatoms. The van der Waals surface area contributed by atoms with Crippen LogP contribution in [0.4, 0.5) is 14.5 Å². The van der Waals surface area contributed by atoms with E-state index in [-0.39, 0.29) is 41.1 Å². The molecule has 0 saturated heterocycles. The third-order valence-corrected chi connectivity index (χ3v) is 8.26. The van der Waals surface area contributed by atoms with Gasteiger partial charge in [-0.15, -0.1) is 0 Å². The van der Waals surface area contributed by atoms with E-state index in [1.807, 2.05) is 13.8 Å². The molecular weight excluding hydrogens is 588 g/mol. The van der Waals surface area contributed by atoms with Gasteiger partial charge in [0.2, 0.25) is 15.8 Å². The summed E-state index contributed by atoms with van der Waals surface area (Å²) in [5.41, 5.74) is -0.0256. The Bertz CT molecular complexity index is 1760. The van der Waals surface area contributed by atoms with Crippen molar-refractivity contribution in [2.45, 2.75) is 46.8 Å². The Morgan fingerprint density at radius 3 is 2.38 bits per heavy atom. The van der Waals surface area contributed by atoms with Crippen molar-refractivity contribution in [1.82, 2.24) is 9.55 Å². The number of fused-ring (bicyclic) bond motifs is 1. The number of hydrogen-bond acceptors (Lipinski definition) is 6. The molecule has 0 aliphatic carbocycles. The summed E-state index contributed by atoms with van der Waals surface area (Å²) in [5, 5.41) is 0.772.